The van der Waals surface area contributed by atoms with E-state index >= 15 is 0 Å². The lowest BCUT2D eigenvalue weighted by Gasteiger charge is -2.28. The molecule has 0 aliphatic carbocycles. The molecule has 1 aliphatic heterocycles. The van der Waals surface area contributed by atoms with Crippen molar-refractivity contribution in [2.75, 3.05) is 13.1 Å². The number of amides is 2. The molecule has 2 heterocycles. The molecule has 2 aromatic rings. The zero-order chi connectivity index (χ0) is 19.1. The molecular weight excluding hydrogens is 347 g/mol. The van der Waals surface area contributed by atoms with Crippen molar-refractivity contribution in [1.82, 2.24) is 20.9 Å². The van der Waals surface area contributed by atoms with E-state index in [0.717, 1.165) is 31.5 Å². The minimum Gasteiger partial charge on any atom is -0.436 e. The van der Waals surface area contributed by atoms with Gasteiger partial charge in [-0.2, -0.15) is 0 Å². The second kappa shape index (κ2) is 9.32. The summed E-state index contributed by atoms with van der Waals surface area (Å²) in [7, 11) is 0. The van der Waals surface area contributed by atoms with Crippen LogP contribution in [0.25, 0.3) is 0 Å². The lowest BCUT2D eigenvalue weighted by molar-refractivity contribution is 0.227. The molecule has 2 unspecified atom stereocenters. The van der Waals surface area contributed by atoms with E-state index in [-0.39, 0.29) is 23.7 Å². The summed E-state index contributed by atoms with van der Waals surface area (Å²) in [6, 6.07) is 9.52. The Bertz CT molecular complexity index is 765. The van der Waals surface area contributed by atoms with E-state index in [4.69, 9.17) is 4.74 Å². The van der Waals surface area contributed by atoms with Crippen molar-refractivity contribution in [3.8, 4) is 11.6 Å². The van der Waals surface area contributed by atoms with Gasteiger partial charge in [0.1, 0.15) is 0 Å². The van der Waals surface area contributed by atoms with E-state index in [1.807, 2.05) is 6.92 Å². The third kappa shape index (κ3) is 5.65. The molecule has 0 bridgehead atoms. The Hall–Kier alpha value is -2.67. The number of ether oxygens (including phenoxy) is 1. The summed E-state index contributed by atoms with van der Waals surface area (Å²) >= 11 is 0. The normalized spacial score (nSPS) is 17.8. The lowest BCUT2D eigenvalue weighted by Crippen LogP contribution is -2.47. The number of hydrogen-bond donors (Lipinski definition) is 3. The van der Waals surface area contributed by atoms with Crippen LogP contribution in [0.3, 0.4) is 0 Å². The zero-order valence-electron chi connectivity index (χ0n) is 15.4. The average molecular weight is 372 g/mol. The van der Waals surface area contributed by atoms with Crippen LogP contribution in [0, 0.1) is 11.7 Å². The molecule has 144 valence electrons. The fourth-order valence-corrected chi connectivity index (χ4v) is 3.12. The first kappa shape index (κ1) is 19.1. The topological polar surface area (TPSA) is 75.3 Å². The molecule has 2 atom stereocenters. The van der Waals surface area contributed by atoms with Gasteiger partial charge in [0.15, 0.2) is 11.6 Å². The van der Waals surface area contributed by atoms with Crippen LogP contribution < -0.4 is 20.7 Å². The predicted molar refractivity (Wildman–Crippen MR) is 101 cm³/mol. The lowest BCUT2D eigenvalue weighted by atomic mass is 9.93. The van der Waals surface area contributed by atoms with Crippen LogP contribution in [0.4, 0.5) is 9.18 Å². The van der Waals surface area contributed by atoms with Gasteiger partial charge in [-0.05, 0) is 62.5 Å². The predicted octanol–water partition coefficient (Wildman–Crippen LogP) is 3.20. The highest BCUT2D eigenvalue weighted by atomic mass is 19.1. The fraction of sp³-hybridized carbons (Fsp3) is 0.400. The summed E-state index contributed by atoms with van der Waals surface area (Å²) in [6.45, 7) is 4.35. The number of nitrogens with one attached hydrogen (secondary N) is 3. The van der Waals surface area contributed by atoms with Crippen LogP contribution >= 0.6 is 0 Å². The number of hydrogen-bond acceptors (Lipinski definition) is 4. The number of benzene rings is 1. The second-order valence-corrected chi connectivity index (χ2v) is 6.76. The maximum atomic E-state index is 13.7. The molecule has 1 aliphatic rings. The highest BCUT2D eigenvalue weighted by Gasteiger charge is 2.21. The number of urea groups is 1. The summed E-state index contributed by atoms with van der Waals surface area (Å²) in [4.78, 5) is 16.2. The monoisotopic (exact) mass is 372 g/mol. The average Bonchev–Trinajstić information content (AvgIpc) is 2.69. The van der Waals surface area contributed by atoms with Gasteiger partial charge in [-0.25, -0.2) is 14.2 Å². The zero-order valence-corrected chi connectivity index (χ0v) is 15.4. The number of pyridine rings is 1. The minimum absolute atomic E-state index is 0.107. The molecule has 3 rings (SSSR count). The Morgan fingerprint density at radius 2 is 2.26 bits per heavy atom. The number of piperidine rings is 1. The largest absolute Gasteiger partial charge is 0.436 e. The number of carbonyl (C=O) groups is 1. The van der Waals surface area contributed by atoms with E-state index in [1.54, 1.807) is 30.5 Å². The van der Waals surface area contributed by atoms with Crippen molar-refractivity contribution in [2.45, 2.75) is 32.4 Å². The molecule has 3 N–H and O–H groups in total. The van der Waals surface area contributed by atoms with E-state index in [1.165, 1.54) is 12.1 Å². The first-order valence-corrected chi connectivity index (χ1v) is 9.24. The summed E-state index contributed by atoms with van der Waals surface area (Å²) in [5.41, 5.74) is 0.818. The van der Waals surface area contributed by atoms with Crippen molar-refractivity contribution in [3.63, 3.8) is 0 Å². The van der Waals surface area contributed by atoms with E-state index in [9.17, 15) is 9.18 Å². The fourth-order valence-electron chi connectivity index (χ4n) is 3.12. The molecule has 0 saturated carbocycles. The van der Waals surface area contributed by atoms with Gasteiger partial charge in [0, 0.05) is 24.8 Å². The van der Waals surface area contributed by atoms with Gasteiger partial charge in [0.25, 0.3) is 0 Å². The summed E-state index contributed by atoms with van der Waals surface area (Å²) in [5, 5.41) is 9.20. The van der Waals surface area contributed by atoms with Crippen molar-refractivity contribution in [2.24, 2.45) is 5.92 Å². The van der Waals surface area contributed by atoms with Crippen LogP contribution in [0.1, 0.15) is 25.3 Å². The summed E-state index contributed by atoms with van der Waals surface area (Å²) in [5.74, 6) is 0.392. The quantitative estimate of drug-likeness (QED) is 0.728. The van der Waals surface area contributed by atoms with E-state index < -0.39 is 5.82 Å². The molecule has 1 saturated heterocycles. The van der Waals surface area contributed by atoms with E-state index in [2.05, 4.69) is 20.9 Å². The Kier molecular flexibility index (Phi) is 6.59. The molecule has 6 nitrogen and oxygen atoms in total. The molecule has 2 amide bonds. The molecule has 1 aromatic carbocycles. The van der Waals surface area contributed by atoms with Crippen LogP contribution in [-0.4, -0.2) is 30.1 Å². The third-order valence-electron chi connectivity index (χ3n) is 4.70. The number of rotatable bonds is 6. The van der Waals surface area contributed by atoms with E-state index in [0.29, 0.717) is 12.5 Å². The van der Waals surface area contributed by atoms with Crippen LogP contribution in [0.15, 0.2) is 42.6 Å². The highest BCUT2D eigenvalue weighted by Crippen LogP contribution is 2.22. The first-order chi connectivity index (χ1) is 13.1. The second-order valence-electron chi connectivity index (χ2n) is 6.76. The molecule has 1 fully saturated rings. The van der Waals surface area contributed by atoms with Gasteiger partial charge < -0.3 is 20.7 Å². The van der Waals surface area contributed by atoms with Crippen LogP contribution in [0.2, 0.25) is 0 Å². The maximum Gasteiger partial charge on any atom is 0.315 e. The highest BCUT2D eigenvalue weighted by molar-refractivity contribution is 5.74. The van der Waals surface area contributed by atoms with Crippen molar-refractivity contribution >= 4 is 6.03 Å². The number of carbonyl (C=O) groups excluding carboxylic acids is 1. The molecule has 7 heteroatoms. The minimum atomic E-state index is -0.451. The number of nitrogens with zero attached hydrogens (tertiary/aromatic N) is 1. The Morgan fingerprint density at radius 3 is 3.04 bits per heavy atom. The first-order valence-electron chi connectivity index (χ1n) is 9.24. The maximum absolute atomic E-state index is 13.7. The molecule has 27 heavy (non-hydrogen) atoms. The smallest absolute Gasteiger partial charge is 0.315 e. The number of aromatic nitrogens is 1. The van der Waals surface area contributed by atoms with Crippen molar-refractivity contribution < 1.29 is 13.9 Å². The molecular formula is C20H25FN4O2. The van der Waals surface area contributed by atoms with Crippen LogP contribution in [-0.2, 0) is 6.54 Å². The van der Waals surface area contributed by atoms with Gasteiger partial charge in [-0.1, -0.05) is 12.1 Å². The van der Waals surface area contributed by atoms with Gasteiger partial charge in [0.2, 0.25) is 5.88 Å². The van der Waals surface area contributed by atoms with Gasteiger partial charge in [-0.3, -0.25) is 0 Å². The number of halogens is 1. The summed E-state index contributed by atoms with van der Waals surface area (Å²) in [6.07, 6.45) is 3.83. The molecule has 0 radical (unpaired) electrons. The third-order valence-corrected chi connectivity index (χ3v) is 4.70. The molecule has 1 aromatic heterocycles. The van der Waals surface area contributed by atoms with Crippen molar-refractivity contribution in [1.29, 1.82) is 0 Å². The Morgan fingerprint density at radius 1 is 1.41 bits per heavy atom. The number of para-hydroxylation sites is 1. The van der Waals surface area contributed by atoms with Gasteiger partial charge in [0.05, 0.1) is 0 Å². The Labute approximate surface area is 158 Å². The molecule has 0 spiro atoms. The van der Waals surface area contributed by atoms with Gasteiger partial charge in [-0.15, -0.1) is 0 Å². The van der Waals surface area contributed by atoms with Crippen molar-refractivity contribution in [3.05, 3.63) is 54.0 Å². The SMILES string of the molecule is CC(NC(=O)NCc1ccnc(Oc2ccccc2F)c1)C1CCCNC1. The Balaban J connectivity index is 1.50. The van der Waals surface area contributed by atoms with Crippen LogP contribution in [0.5, 0.6) is 11.6 Å². The summed E-state index contributed by atoms with van der Waals surface area (Å²) < 4.78 is 19.2. The van der Waals surface area contributed by atoms with Gasteiger partial charge >= 0.3 is 6.03 Å². The standard InChI is InChI=1S/C20H25FN4O2/c1-14(16-5-4-9-22-13-16)25-20(26)24-12-15-8-10-23-19(11-15)27-18-7-3-2-6-17(18)21/h2-3,6-8,10-11,14,16,22H,4-5,9,12-13H2,1H3,(H2,24,25,26).